The molecule has 0 aliphatic heterocycles. The lowest BCUT2D eigenvalue weighted by atomic mass is 10.1. The maximum atomic E-state index is 9.16. The Hall–Kier alpha value is -1.71. The fourth-order valence-corrected chi connectivity index (χ4v) is 2.09. The van der Waals surface area contributed by atoms with Crippen molar-refractivity contribution in [2.75, 3.05) is 19.7 Å². The Morgan fingerprint density at radius 3 is 2.32 bits per heavy atom. The summed E-state index contributed by atoms with van der Waals surface area (Å²) in [6, 6.07) is 14.5. The molecule has 1 N–H and O–H groups in total. The van der Waals surface area contributed by atoms with Gasteiger partial charge in [0.05, 0.1) is 6.61 Å². The van der Waals surface area contributed by atoms with Crippen molar-refractivity contribution in [2.45, 2.75) is 13.0 Å². The molecule has 3 heteroatoms. The van der Waals surface area contributed by atoms with Gasteiger partial charge in [-0.15, -0.1) is 0 Å². The Labute approximate surface area is 114 Å². The van der Waals surface area contributed by atoms with Crippen LogP contribution in [0.1, 0.15) is 11.1 Å². The van der Waals surface area contributed by atoms with E-state index in [2.05, 4.69) is 34.1 Å². The van der Waals surface area contributed by atoms with Crippen LogP contribution in [0.4, 0.5) is 0 Å². The van der Waals surface area contributed by atoms with Crippen molar-refractivity contribution in [3.05, 3.63) is 66.0 Å². The summed E-state index contributed by atoms with van der Waals surface area (Å²) in [5.41, 5.74) is 2.57. The van der Waals surface area contributed by atoms with Gasteiger partial charge in [-0.25, -0.2) is 0 Å². The number of hydrogen-bond acceptors (Lipinski definition) is 3. The molecule has 0 aliphatic carbocycles. The first-order chi connectivity index (χ1) is 9.38. The van der Waals surface area contributed by atoms with Gasteiger partial charge in [0.2, 0.25) is 0 Å². The summed E-state index contributed by atoms with van der Waals surface area (Å²) in [4.78, 5) is 6.29. The minimum absolute atomic E-state index is 0.194. The summed E-state index contributed by atoms with van der Waals surface area (Å²) in [7, 11) is 0. The first kappa shape index (κ1) is 13.7. The predicted octanol–water partition coefficient (Wildman–Crippen LogP) is 2.12. The average molecular weight is 256 g/mol. The van der Waals surface area contributed by atoms with E-state index in [0.717, 1.165) is 19.5 Å². The van der Waals surface area contributed by atoms with E-state index in [9.17, 15) is 0 Å². The standard InChI is InChI=1S/C16H20N2O/c19-13-12-18(14-16-6-9-17-10-7-16)11-8-15-4-2-1-3-5-15/h1-7,9-10,19H,8,11-14H2. The Balaban J connectivity index is 1.89. The molecule has 2 rings (SSSR count). The molecule has 0 spiro atoms. The lowest BCUT2D eigenvalue weighted by molar-refractivity contribution is 0.191. The summed E-state index contributed by atoms with van der Waals surface area (Å²) in [6.45, 7) is 2.71. The van der Waals surface area contributed by atoms with Gasteiger partial charge in [0.25, 0.3) is 0 Å². The van der Waals surface area contributed by atoms with Crippen LogP contribution in [0.2, 0.25) is 0 Å². The highest BCUT2D eigenvalue weighted by Crippen LogP contribution is 2.06. The SMILES string of the molecule is OCCN(CCc1ccccc1)Cc1ccncc1. The van der Waals surface area contributed by atoms with Crippen LogP contribution in [0, 0.1) is 0 Å². The van der Waals surface area contributed by atoms with Crippen molar-refractivity contribution in [3.8, 4) is 0 Å². The van der Waals surface area contributed by atoms with Gasteiger partial charge in [-0.1, -0.05) is 30.3 Å². The highest BCUT2D eigenvalue weighted by Gasteiger charge is 2.05. The van der Waals surface area contributed by atoms with Gasteiger partial charge in [0, 0.05) is 32.0 Å². The normalized spacial score (nSPS) is 10.8. The van der Waals surface area contributed by atoms with Crippen LogP contribution in [0.15, 0.2) is 54.9 Å². The molecule has 0 fully saturated rings. The lowest BCUT2D eigenvalue weighted by Gasteiger charge is -2.21. The van der Waals surface area contributed by atoms with Gasteiger partial charge < -0.3 is 5.11 Å². The van der Waals surface area contributed by atoms with Crippen molar-refractivity contribution in [3.63, 3.8) is 0 Å². The number of nitrogens with zero attached hydrogens (tertiary/aromatic N) is 2. The average Bonchev–Trinajstić information content (AvgIpc) is 2.47. The number of hydrogen-bond donors (Lipinski definition) is 1. The lowest BCUT2D eigenvalue weighted by Crippen LogP contribution is -2.28. The predicted molar refractivity (Wildman–Crippen MR) is 76.7 cm³/mol. The van der Waals surface area contributed by atoms with Crippen LogP contribution < -0.4 is 0 Å². The van der Waals surface area contributed by atoms with Crippen molar-refractivity contribution < 1.29 is 5.11 Å². The molecule has 100 valence electrons. The summed E-state index contributed by atoms with van der Waals surface area (Å²) < 4.78 is 0. The number of aliphatic hydroxyl groups excluding tert-OH is 1. The molecule has 0 amide bonds. The molecule has 0 saturated heterocycles. The number of pyridine rings is 1. The second-order valence-electron chi connectivity index (χ2n) is 4.59. The highest BCUT2D eigenvalue weighted by molar-refractivity contribution is 5.15. The molecular weight excluding hydrogens is 236 g/mol. The molecule has 0 saturated carbocycles. The number of aromatic nitrogens is 1. The van der Waals surface area contributed by atoms with E-state index in [1.165, 1.54) is 11.1 Å². The van der Waals surface area contributed by atoms with E-state index in [1.807, 2.05) is 30.6 Å². The summed E-state index contributed by atoms with van der Waals surface area (Å²) in [6.07, 6.45) is 4.62. The highest BCUT2D eigenvalue weighted by atomic mass is 16.3. The quantitative estimate of drug-likeness (QED) is 0.824. The van der Waals surface area contributed by atoms with Crippen LogP contribution in [0.25, 0.3) is 0 Å². The molecule has 19 heavy (non-hydrogen) atoms. The number of benzene rings is 1. The van der Waals surface area contributed by atoms with Gasteiger partial charge >= 0.3 is 0 Å². The third-order valence-electron chi connectivity index (χ3n) is 3.13. The molecule has 0 aliphatic rings. The minimum Gasteiger partial charge on any atom is -0.395 e. The Kier molecular flexibility index (Phi) is 5.53. The summed E-state index contributed by atoms with van der Waals surface area (Å²) in [5, 5.41) is 9.16. The largest absolute Gasteiger partial charge is 0.395 e. The van der Waals surface area contributed by atoms with E-state index < -0.39 is 0 Å². The van der Waals surface area contributed by atoms with E-state index in [-0.39, 0.29) is 6.61 Å². The van der Waals surface area contributed by atoms with E-state index >= 15 is 0 Å². The van der Waals surface area contributed by atoms with E-state index in [1.54, 1.807) is 0 Å². The second-order valence-corrected chi connectivity index (χ2v) is 4.59. The maximum absolute atomic E-state index is 9.16. The van der Waals surface area contributed by atoms with Crippen LogP contribution in [-0.4, -0.2) is 34.7 Å². The van der Waals surface area contributed by atoms with E-state index in [0.29, 0.717) is 6.54 Å². The second kappa shape index (κ2) is 7.67. The van der Waals surface area contributed by atoms with Crippen LogP contribution in [-0.2, 0) is 13.0 Å². The molecule has 0 unspecified atom stereocenters. The number of aliphatic hydroxyl groups is 1. The molecule has 0 radical (unpaired) electrons. The minimum atomic E-state index is 0.194. The van der Waals surface area contributed by atoms with Crippen LogP contribution in [0.3, 0.4) is 0 Å². The first-order valence-electron chi connectivity index (χ1n) is 6.64. The molecule has 0 atom stereocenters. The molecule has 1 aromatic carbocycles. The molecular formula is C16H20N2O. The van der Waals surface area contributed by atoms with Crippen molar-refractivity contribution >= 4 is 0 Å². The van der Waals surface area contributed by atoms with Gasteiger partial charge in [-0.3, -0.25) is 9.88 Å². The van der Waals surface area contributed by atoms with Gasteiger partial charge in [0.15, 0.2) is 0 Å². The first-order valence-corrected chi connectivity index (χ1v) is 6.64. The summed E-state index contributed by atoms with van der Waals surface area (Å²) >= 11 is 0. The Morgan fingerprint density at radius 2 is 1.63 bits per heavy atom. The van der Waals surface area contributed by atoms with Gasteiger partial charge in [0.1, 0.15) is 0 Å². The Bertz CT molecular complexity index is 459. The maximum Gasteiger partial charge on any atom is 0.0558 e. The molecule has 2 aromatic rings. The van der Waals surface area contributed by atoms with Gasteiger partial charge in [-0.05, 0) is 29.7 Å². The van der Waals surface area contributed by atoms with Gasteiger partial charge in [-0.2, -0.15) is 0 Å². The molecule has 1 aromatic heterocycles. The van der Waals surface area contributed by atoms with Crippen molar-refractivity contribution in [1.82, 2.24) is 9.88 Å². The summed E-state index contributed by atoms with van der Waals surface area (Å²) in [5.74, 6) is 0. The fourth-order valence-electron chi connectivity index (χ4n) is 2.09. The van der Waals surface area contributed by atoms with Crippen molar-refractivity contribution in [1.29, 1.82) is 0 Å². The van der Waals surface area contributed by atoms with Crippen LogP contribution in [0.5, 0.6) is 0 Å². The van der Waals surface area contributed by atoms with Crippen molar-refractivity contribution in [2.24, 2.45) is 0 Å². The smallest absolute Gasteiger partial charge is 0.0558 e. The zero-order valence-electron chi connectivity index (χ0n) is 11.1. The third kappa shape index (κ3) is 4.81. The Morgan fingerprint density at radius 1 is 0.895 bits per heavy atom. The molecule has 0 bridgehead atoms. The molecule has 1 heterocycles. The number of rotatable bonds is 7. The zero-order chi connectivity index (χ0) is 13.3. The van der Waals surface area contributed by atoms with E-state index in [4.69, 9.17) is 5.11 Å². The fraction of sp³-hybridized carbons (Fsp3) is 0.312. The molecule has 3 nitrogen and oxygen atoms in total. The third-order valence-corrected chi connectivity index (χ3v) is 3.13. The monoisotopic (exact) mass is 256 g/mol. The zero-order valence-corrected chi connectivity index (χ0v) is 11.1. The van der Waals surface area contributed by atoms with Crippen LogP contribution >= 0.6 is 0 Å². The topological polar surface area (TPSA) is 36.4 Å².